The first-order valence-corrected chi connectivity index (χ1v) is 9.73. The van der Waals surface area contributed by atoms with Gasteiger partial charge < -0.3 is 14.2 Å². The molecule has 3 aromatic carbocycles. The van der Waals surface area contributed by atoms with Crippen molar-refractivity contribution in [1.29, 1.82) is 0 Å². The summed E-state index contributed by atoms with van der Waals surface area (Å²) in [5.41, 5.74) is 5.15. The highest BCUT2D eigenvalue weighted by Gasteiger charge is 2.10. The summed E-state index contributed by atoms with van der Waals surface area (Å²) in [6.45, 7) is 2.03. The second-order valence-electron chi connectivity index (χ2n) is 7.29. The second-order valence-corrected chi connectivity index (χ2v) is 7.29. The van der Waals surface area contributed by atoms with Crippen molar-refractivity contribution in [3.05, 3.63) is 72.1 Å². The molecule has 0 aliphatic rings. The molecule has 0 atom stereocenters. The van der Waals surface area contributed by atoms with E-state index in [4.69, 9.17) is 8.83 Å². The minimum Gasteiger partial charge on any atom is -0.456 e. The summed E-state index contributed by atoms with van der Waals surface area (Å²) < 4.78 is 11.6. The van der Waals surface area contributed by atoms with Crippen LogP contribution < -0.4 is 5.32 Å². The Bertz CT molecular complexity index is 1350. The van der Waals surface area contributed by atoms with Crippen LogP contribution in [0, 0.1) is 6.92 Å². The number of oxazole rings is 1. The van der Waals surface area contributed by atoms with Crippen LogP contribution in [-0.4, -0.2) is 10.9 Å². The van der Waals surface area contributed by atoms with Crippen LogP contribution in [0.2, 0.25) is 0 Å². The molecule has 1 N–H and O–H groups in total. The quantitative estimate of drug-likeness (QED) is 0.404. The van der Waals surface area contributed by atoms with Crippen molar-refractivity contribution in [3.63, 3.8) is 0 Å². The first kappa shape index (κ1) is 17.5. The monoisotopic (exact) mass is 384 g/mol. The van der Waals surface area contributed by atoms with Crippen LogP contribution in [0.1, 0.15) is 24.3 Å². The van der Waals surface area contributed by atoms with Gasteiger partial charge >= 0.3 is 0 Å². The molecular weight excluding hydrogens is 364 g/mol. The van der Waals surface area contributed by atoms with Gasteiger partial charge in [-0.2, -0.15) is 0 Å². The molecule has 5 rings (SSSR count). The van der Waals surface area contributed by atoms with Crippen LogP contribution in [0.4, 0.5) is 5.69 Å². The van der Waals surface area contributed by atoms with Crippen LogP contribution in [0.3, 0.4) is 0 Å². The number of nitrogens with zero attached hydrogens (tertiary/aromatic N) is 1. The zero-order valence-electron chi connectivity index (χ0n) is 16.1. The number of fused-ring (bicyclic) bond motifs is 4. The zero-order valence-corrected chi connectivity index (χ0v) is 16.1. The Labute approximate surface area is 167 Å². The van der Waals surface area contributed by atoms with Crippen molar-refractivity contribution in [2.24, 2.45) is 0 Å². The highest BCUT2D eigenvalue weighted by molar-refractivity contribution is 6.06. The second kappa shape index (κ2) is 7.09. The van der Waals surface area contributed by atoms with E-state index >= 15 is 0 Å². The van der Waals surface area contributed by atoms with Crippen molar-refractivity contribution in [3.8, 4) is 0 Å². The first-order chi connectivity index (χ1) is 14.2. The fraction of sp³-hybridized carbons (Fsp3) is 0.167. The van der Waals surface area contributed by atoms with E-state index in [9.17, 15) is 4.79 Å². The van der Waals surface area contributed by atoms with E-state index in [1.54, 1.807) is 0 Å². The molecule has 1 amide bonds. The van der Waals surface area contributed by atoms with Gasteiger partial charge in [0.05, 0.1) is 0 Å². The molecule has 2 heterocycles. The third kappa shape index (κ3) is 3.47. The number of para-hydroxylation sites is 1. The standard InChI is InChI=1S/C24H20N2O3/c1-15-9-12-21-19(13-15)26-24(29-21)8-4-7-23(27)25-16-10-11-18-17-5-2-3-6-20(17)28-22(18)14-16/h2-3,5-6,9-14H,4,7-8H2,1H3,(H,25,27). The minimum absolute atomic E-state index is 0.0348. The number of hydrogen-bond donors (Lipinski definition) is 1. The Morgan fingerprint density at radius 1 is 0.931 bits per heavy atom. The van der Waals surface area contributed by atoms with Gasteiger partial charge in [-0.15, -0.1) is 0 Å². The average Bonchev–Trinajstić information content (AvgIpc) is 3.27. The van der Waals surface area contributed by atoms with Gasteiger partial charge in [0, 0.05) is 35.4 Å². The van der Waals surface area contributed by atoms with Gasteiger partial charge in [-0.3, -0.25) is 4.79 Å². The Morgan fingerprint density at radius 3 is 2.72 bits per heavy atom. The maximum atomic E-state index is 12.3. The number of anilines is 1. The van der Waals surface area contributed by atoms with E-state index in [0.29, 0.717) is 25.2 Å². The molecule has 0 unspecified atom stereocenters. The molecule has 0 aliphatic carbocycles. The van der Waals surface area contributed by atoms with E-state index in [0.717, 1.165) is 44.3 Å². The number of nitrogens with one attached hydrogen (secondary N) is 1. The van der Waals surface area contributed by atoms with E-state index < -0.39 is 0 Å². The lowest BCUT2D eigenvalue weighted by Gasteiger charge is -2.04. The fourth-order valence-corrected chi connectivity index (χ4v) is 3.62. The summed E-state index contributed by atoms with van der Waals surface area (Å²) in [7, 11) is 0. The Hall–Kier alpha value is -3.60. The molecule has 0 spiro atoms. The lowest BCUT2D eigenvalue weighted by Crippen LogP contribution is -2.11. The van der Waals surface area contributed by atoms with Gasteiger partial charge in [-0.1, -0.05) is 24.3 Å². The van der Waals surface area contributed by atoms with Gasteiger partial charge in [-0.25, -0.2) is 4.98 Å². The maximum absolute atomic E-state index is 12.3. The third-order valence-electron chi connectivity index (χ3n) is 5.04. The Balaban J connectivity index is 1.22. The Kier molecular flexibility index (Phi) is 4.28. The number of furan rings is 1. The molecular formula is C24H20N2O3. The predicted octanol–water partition coefficient (Wildman–Crippen LogP) is 6.00. The summed E-state index contributed by atoms with van der Waals surface area (Å²) in [6.07, 6.45) is 1.70. The van der Waals surface area contributed by atoms with Gasteiger partial charge in [0.2, 0.25) is 5.91 Å². The SMILES string of the molecule is Cc1ccc2oc(CCCC(=O)Nc3ccc4c(c3)oc3ccccc34)nc2c1. The molecule has 0 radical (unpaired) electrons. The first-order valence-electron chi connectivity index (χ1n) is 9.73. The maximum Gasteiger partial charge on any atom is 0.224 e. The van der Waals surface area contributed by atoms with E-state index in [2.05, 4.69) is 10.3 Å². The van der Waals surface area contributed by atoms with Crippen LogP contribution in [0.5, 0.6) is 0 Å². The molecule has 29 heavy (non-hydrogen) atoms. The number of amides is 1. The lowest BCUT2D eigenvalue weighted by atomic mass is 10.1. The molecule has 5 nitrogen and oxygen atoms in total. The number of hydrogen-bond acceptors (Lipinski definition) is 4. The number of aryl methyl sites for hydroxylation is 2. The van der Waals surface area contributed by atoms with Crippen LogP contribution in [0.15, 0.2) is 69.5 Å². The van der Waals surface area contributed by atoms with Crippen LogP contribution in [0.25, 0.3) is 33.0 Å². The van der Waals surface area contributed by atoms with Gasteiger partial charge in [-0.05, 0) is 49.2 Å². The van der Waals surface area contributed by atoms with Crippen molar-refractivity contribution in [2.75, 3.05) is 5.32 Å². The highest BCUT2D eigenvalue weighted by atomic mass is 16.3. The summed E-state index contributed by atoms with van der Waals surface area (Å²) in [6, 6.07) is 19.6. The molecule has 2 aromatic heterocycles. The summed E-state index contributed by atoms with van der Waals surface area (Å²) >= 11 is 0. The topological polar surface area (TPSA) is 68.3 Å². The summed E-state index contributed by atoms with van der Waals surface area (Å²) in [5, 5.41) is 5.07. The average molecular weight is 384 g/mol. The summed E-state index contributed by atoms with van der Waals surface area (Å²) in [4.78, 5) is 16.8. The lowest BCUT2D eigenvalue weighted by molar-refractivity contribution is -0.116. The number of benzene rings is 3. The van der Waals surface area contributed by atoms with E-state index in [1.165, 1.54) is 0 Å². The van der Waals surface area contributed by atoms with Gasteiger partial charge in [0.25, 0.3) is 0 Å². The molecule has 0 saturated carbocycles. The number of aromatic nitrogens is 1. The van der Waals surface area contributed by atoms with Gasteiger partial charge in [0.1, 0.15) is 16.7 Å². The molecule has 144 valence electrons. The molecule has 5 heteroatoms. The van der Waals surface area contributed by atoms with Crippen molar-refractivity contribution in [2.45, 2.75) is 26.2 Å². The number of rotatable bonds is 5. The number of carbonyl (C=O) groups excluding carboxylic acids is 1. The molecule has 5 aromatic rings. The third-order valence-corrected chi connectivity index (χ3v) is 5.04. The van der Waals surface area contributed by atoms with Crippen molar-refractivity contribution < 1.29 is 13.6 Å². The molecule has 0 bridgehead atoms. The zero-order chi connectivity index (χ0) is 19.8. The fourth-order valence-electron chi connectivity index (χ4n) is 3.62. The van der Waals surface area contributed by atoms with Crippen LogP contribution in [-0.2, 0) is 11.2 Å². The number of carbonyl (C=O) groups is 1. The normalized spacial score (nSPS) is 11.5. The van der Waals surface area contributed by atoms with E-state index in [1.807, 2.05) is 67.6 Å². The van der Waals surface area contributed by atoms with E-state index in [-0.39, 0.29) is 5.91 Å². The minimum atomic E-state index is -0.0348. The smallest absolute Gasteiger partial charge is 0.224 e. The molecule has 0 fully saturated rings. The largest absolute Gasteiger partial charge is 0.456 e. The molecule has 0 aliphatic heterocycles. The van der Waals surface area contributed by atoms with Crippen molar-refractivity contribution >= 4 is 44.6 Å². The summed E-state index contributed by atoms with van der Waals surface area (Å²) in [5.74, 6) is 0.634. The van der Waals surface area contributed by atoms with Crippen LogP contribution >= 0.6 is 0 Å². The Morgan fingerprint density at radius 2 is 1.79 bits per heavy atom. The van der Waals surface area contributed by atoms with Crippen molar-refractivity contribution in [1.82, 2.24) is 4.98 Å². The highest BCUT2D eigenvalue weighted by Crippen LogP contribution is 2.30. The van der Waals surface area contributed by atoms with Gasteiger partial charge in [0.15, 0.2) is 11.5 Å². The predicted molar refractivity (Wildman–Crippen MR) is 114 cm³/mol. The molecule has 0 saturated heterocycles.